The Bertz CT molecular complexity index is 1040. The van der Waals surface area contributed by atoms with Crippen LogP contribution < -0.4 is 5.32 Å². The zero-order valence-corrected chi connectivity index (χ0v) is 40.4. The molecule has 0 radical (unpaired) electrons. The second-order valence-corrected chi connectivity index (χ2v) is 17.9. The van der Waals surface area contributed by atoms with Gasteiger partial charge in [0.05, 0.1) is 25.4 Å². The first-order valence-corrected chi connectivity index (χ1v) is 26.4. The molecule has 3 N–H and O–H groups in total. The molecule has 0 aromatic heterocycles. The molecule has 2 atom stereocenters. The Morgan fingerprint density at radius 2 is 0.820 bits per heavy atom. The molecule has 6 nitrogen and oxygen atoms in total. The number of ether oxygens (including phenoxy) is 1. The van der Waals surface area contributed by atoms with E-state index in [1.54, 1.807) is 6.08 Å². The van der Waals surface area contributed by atoms with Crippen molar-refractivity contribution in [2.45, 2.75) is 276 Å². The van der Waals surface area contributed by atoms with Crippen LogP contribution in [-0.4, -0.2) is 47.4 Å². The number of hydrogen-bond donors (Lipinski definition) is 3. The van der Waals surface area contributed by atoms with Crippen LogP contribution in [0.25, 0.3) is 0 Å². The lowest BCUT2D eigenvalue weighted by Gasteiger charge is -2.20. The number of allylic oxidation sites excluding steroid dienone is 7. The van der Waals surface area contributed by atoms with Crippen molar-refractivity contribution < 1.29 is 24.5 Å². The largest absolute Gasteiger partial charge is 0.466 e. The predicted octanol–water partition coefficient (Wildman–Crippen LogP) is 15.8. The Hall–Kier alpha value is -2.18. The van der Waals surface area contributed by atoms with Gasteiger partial charge < -0.3 is 20.3 Å². The Kier molecular flexibility index (Phi) is 48.7. The molecular formula is C55H101NO5. The van der Waals surface area contributed by atoms with Gasteiger partial charge in [0.1, 0.15) is 0 Å². The van der Waals surface area contributed by atoms with E-state index in [1.165, 1.54) is 161 Å². The van der Waals surface area contributed by atoms with E-state index in [9.17, 15) is 19.8 Å². The maximum atomic E-state index is 12.4. The van der Waals surface area contributed by atoms with E-state index in [0.717, 1.165) is 77.0 Å². The number of carbonyl (C=O) groups is 2. The summed E-state index contributed by atoms with van der Waals surface area (Å²) in [4.78, 5) is 24.4. The number of aliphatic hydroxyl groups is 2. The Balaban J connectivity index is 3.58. The van der Waals surface area contributed by atoms with Gasteiger partial charge in [-0.1, -0.05) is 210 Å². The van der Waals surface area contributed by atoms with Crippen LogP contribution in [0.1, 0.15) is 264 Å². The lowest BCUT2D eigenvalue weighted by Crippen LogP contribution is -2.45. The number of nitrogens with one attached hydrogen (secondary N) is 1. The van der Waals surface area contributed by atoms with Crippen molar-refractivity contribution in [1.29, 1.82) is 0 Å². The SMILES string of the molecule is CCCCCC/C=C\CCCCCCCC(=O)OCCCCC/C=C\C=C/CCCCCCCCC(=O)NC(CO)C(O)/C=C/CCCCCCCCCCCCCCCC. The monoisotopic (exact) mass is 856 g/mol. The zero-order chi connectivity index (χ0) is 44.4. The summed E-state index contributed by atoms with van der Waals surface area (Å²) < 4.78 is 5.43. The highest BCUT2D eigenvalue weighted by Gasteiger charge is 2.18. The third-order valence-corrected chi connectivity index (χ3v) is 11.8. The van der Waals surface area contributed by atoms with Gasteiger partial charge in [0.25, 0.3) is 0 Å². The van der Waals surface area contributed by atoms with E-state index >= 15 is 0 Å². The molecule has 0 fully saturated rings. The minimum absolute atomic E-state index is 0.0329. The molecule has 0 rings (SSSR count). The third-order valence-electron chi connectivity index (χ3n) is 11.8. The summed E-state index contributed by atoms with van der Waals surface area (Å²) in [5.74, 6) is -0.124. The minimum atomic E-state index is -0.859. The predicted molar refractivity (Wildman–Crippen MR) is 264 cm³/mol. The van der Waals surface area contributed by atoms with Crippen LogP contribution in [0.3, 0.4) is 0 Å². The number of hydrogen-bond acceptors (Lipinski definition) is 5. The highest BCUT2D eigenvalue weighted by atomic mass is 16.5. The maximum absolute atomic E-state index is 12.4. The summed E-state index contributed by atoms with van der Waals surface area (Å²) in [5.41, 5.74) is 0. The second-order valence-electron chi connectivity index (χ2n) is 17.9. The normalized spacial score (nSPS) is 13.0. The van der Waals surface area contributed by atoms with Gasteiger partial charge >= 0.3 is 5.97 Å². The molecule has 0 aliphatic carbocycles. The highest BCUT2D eigenvalue weighted by Crippen LogP contribution is 2.15. The average molecular weight is 856 g/mol. The van der Waals surface area contributed by atoms with Crippen molar-refractivity contribution in [2.75, 3.05) is 13.2 Å². The minimum Gasteiger partial charge on any atom is -0.466 e. The molecule has 0 aromatic carbocycles. The van der Waals surface area contributed by atoms with Crippen molar-refractivity contribution in [3.8, 4) is 0 Å². The van der Waals surface area contributed by atoms with Crippen LogP contribution in [0.5, 0.6) is 0 Å². The highest BCUT2D eigenvalue weighted by molar-refractivity contribution is 5.76. The van der Waals surface area contributed by atoms with Crippen LogP contribution in [-0.2, 0) is 14.3 Å². The van der Waals surface area contributed by atoms with Gasteiger partial charge in [-0.3, -0.25) is 9.59 Å². The van der Waals surface area contributed by atoms with Crippen molar-refractivity contribution in [3.05, 3.63) is 48.6 Å². The molecule has 2 unspecified atom stereocenters. The fourth-order valence-corrected chi connectivity index (χ4v) is 7.73. The van der Waals surface area contributed by atoms with Crippen molar-refractivity contribution >= 4 is 11.9 Å². The first kappa shape index (κ1) is 58.8. The number of rotatable bonds is 48. The summed E-state index contributed by atoms with van der Waals surface area (Å²) in [5, 5.41) is 23.1. The molecule has 356 valence electrons. The van der Waals surface area contributed by atoms with E-state index < -0.39 is 12.1 Å². The fourth-order valence-electron chi connectivity index (χ4n) is 7.73. The van der Waals surface area contributed by atoms with Gasteiger partial charge in [-0.25, -0.2) is 0 Å². The van der Waals surface area contributed by atoms with Gasteiger partial charge in [-0.15, -0.1) is 0 Å². The molecule has 0 bridgehead atoms. The summed E-state index contributed by atoms with van der Waals surface area (Å²) in [7, 11) is 0. The molecular weight excluding hydrogens is 755 g/mol. The molecule has 0 saturated carbocycles. The van der Waals surface area contributed by atoms with Crippen LogP contribution in [0.2, 0.25) is 0 Å². The van der Waals surface area contributed by atoms with Crippen molar-refractivity contribution in [2.24, 2.45) is 0 Å². The molecule has 0 aromatic rings. The van der Waals surface area contributed by atoms with E-state index in [4.69, 9.17) is 4.74 Å². The van der Waals surface area contributed by atoms with E-state index in [0.29, 0.717) is 19.4 Å². The molecule has 0 spiro atoms. The topological polar surface area (TPSA) is 95.9 Å². The van der Waals surface area contributed by atoms with Gasteiger partial charge in [0.2, 0.25) is 5.91 Å². The quantitative estimate of drug-likeness (QED) is 0.0245. The number of amides is 1. The molecule has 61 heavy (non-hydrogen) atoms. The summed E-state index contributed by atoms with van der Waals surface area (Å²) in [6.07, 6.45) is 62.5. The fraction of sp³-hybridized carbons (Fsp3) is 0.818. The van der Waals surface area contributed by atoms with Crippen LogP contribution >= 0.6 is 0 Å². The Morgan fingerprint density at radius 3 is 1.28 bits per heavy atom. The van der Waals surface area contributed by atoms with E-state index in [-0.39, 0.29) is 18.5 Å². The molecule has 0 aliphatic heterocycles. The van der Waals surface area contributed by atoms with Crippen LogP contribution in [0, 0.1) is 0 Å². The first-order valence-electron chi connectivity index (χ1n) is 26.4. The molecule has 1 amide bonds. The van der Waals surface area contributed by atoms with Gasteiger partial charge in [0, 0.05) is 12.8 Å². The standard InChI is InChI=1S/C55H101NO5/c1-3-5-7-9-11-13-15-17-18-20-24-27-31-35-39-43-47-53(58)52(51-57)56-54(59)48-44-40-36-32-28-25-21-19-22-26-30-34-38-42-46-50-61-55(60)49-45-41-37-33-29-23-16-14-12-10-8-6-4-2/h14,16,19,22,26,30,43,47,52-53,57-58H,3-13,15,17-18,20-21,23-25,27-29,31-42,44-46,48-51H2,1-2H3,(H,56,59)/b16-14-,22-19-,30-26-,47-43+. The van der Waals surface area contributed by atoms with E-state index in [2.05, 4.69) is 55.6 Å². The molecule has 0 saturated heterocycles. The van der Waals surface area contributed by atoms with Gasteiger partial charge in [0.15, 0.2) is 0 Å². The first-order chi connectivity index (χ1) is 30.0. The van der Waals surface area contributed by atoms with Crippen LogP contribution in [0.15, 0.2) is 48.6 Å². The number of aliphatic hydroxyl groups excluding tert-OH is 2. The van der Waals surface area contributed by atoms with Gasteiger partial charge in [-0.05, 0) is 89.9 Å². The smallest absolute Gasteiger partial charge is 0.305 e. The number of carbonyl (C=O) groups excluding carboxylic acids is 2. The number of esters is 1. The average Bonchev–Trinajstić information content (AvgIpc) is 3.26. The maximum Gasteiger partial charge on any atom is 0.305 e. The van der Waals surface area contributed by atoms with E-state index in [1.807, 2.05) is 6.08 Å². The lowest BCUT2D eigenvalue weighted by atomic mass is 10.0. The zero-order valence-electron chi connectivity index (χ0n) is 40.4. The second kappa shape index (κ2) is 50.5. The molecule has 0 aliphatic rings. The summed E-state index contributed by atoms with van der Waals surface area (Å²) in [6, 6.07) is -0.645. The Labute approximate surface area is 378 Å². The number of unbranched alkanes of at least 4 members (excludes halogenated alkanes) is 32. The van der Waals surface area contributed by atoms with Crippen molar-refractivity contribution in [3.63, 3.8) is 0 Å². The van der Waals surface area contributed by atoms with Crippen molar-refractivity contribution in [1.82, 2.24) is 5.32 Å². The molecule has 6 heteroatoms. The van der Waals surface area contributed by atoms with Crippen LogP contribution in [0.4, 0.5) is 0 Å². The molecule has 0 heterocycles. The lowest BCUT2D eigenvalue weighted by molar-refractivity contribution is -0.143. The third kappa shape index (κ3) is 47.1. The van der Waals surface area contributed by atoms with Gasteiger partial charge in [-0.2, -0.15) is 0 Å². The Morgan fingerprint density at radius 1 is 0.459 bits per heavy atom. The summed E-state index contributed by atoms with van der Waals surface area (Å²) in [6.45, 7) is 4.82. The summed E-state index contributed by atoms with van der Waals surface area (Å²) >= 11 is 0.